The zero-order valence-corrected chi connectivity index (χ0v) is 16.4. The van der Waals surface area contributed by atoms with Crippen molar-refractivity contribution in [2.45, 2.75) is 44.8 Å². The summed E-state index contributed by atoms with van der Waals surface area (Å²) in [6, 6.07) is 10.6. The standard InChI is InChI=1S/C22H25N3O4/c1-28-19-10-9-16(12-20(19)29-17-5-3-2-4-6-17)25-13-15-8-7-14(21(26)24-23)11-18(15)22(25)27/h7-12,17H,2-6,13,23H2,1H3,(H,24,26). The largest absolute Gasteiger partial charge is 0.493 e. The van der Waals surface area contributed by atoms with E-state index in [1.807, 2.05) is 18.2 Å². The average molecular weight is 395 g/mol. The van der Waals surface area contributed by atoms with E-state index in [1.165, 1.54) is 19.3 Å². The number of carbonyl (C=O) groups excluding carboxylic acids is 2. The van der Waals surface area contributed by atoms with Crippen LogP contribution in [0.3, 0.4) is 0 Å². The van der Waals surface area contributed by atoms with E-state index in [0.717, 1.165) is 24.1 Å². The highest BCUT2D eigenvalue weighted by atomic mass is 16.5. The van der Waals surface area contributed by atoms with Gasteiger partial charge in [0.1, 0.15) is 0 Å². The summed E-state index contributed by atoms with van der Waals surface area (Å²) in [5.74, 6) is 5.94. The Morgan fingerprint density at radius 2 is 1.90 bits per heavy atom. The van der Waals surface area contributed by atoms with Gasteiger partial charge in [0.15, 0.2) is 11.5 Å². The molecule has 4 rings (SSSR count). The van der Waals surface area contributed by atoms with Crippen molar-refractivity contribution in [2.24, 2.45) is 5.84 Å². The van der Waals surface area contributed by atoms with Crippen molar-refractivity contribution in [3.63, 3.8) is 0 Å². The Labute approximate surface area is 169 Å². The molecule has 1 fully saturated rings. The summed E-state index contributed by atoms with van der Waals surface area (Å²) >= 11 is 0. The van der Waals surface area contributed by atoms with Crippen LogP contribution in [0.5, 0.6) is 11.5 Å². The number of hydrazine groups is 1. The Morgan fingerprint density at radius 1 is 1.10 bits per heavy atom. The third-order valence-corrected chi connectivity index (χ3v) is 5.61. The number of hydrogen-bond donors (Lipinski definition) is 2. The fraction of sp³-hybridized carbons (Fsp3) is 0.364. The van der Waals surface area contributed by atoms with Gasteiger partial charge in [-0.05, 0) is 55.5 Å². The summed E-state index contributed by atoms with van der Waals surface area (Å²) in [7, 11) is 1.61. The third kappa shape index (κ3) is 3.78. The Balaban J connectivity index is 1.60. The summed E-state index contributed by atoms with van der Waals surface area (Å²) in [5.41, 5.74) is 4.57. The molecule has 1 saturated carbocycles. The number of ether oxygens (including phenoxy) is 2. The van der Waals surface area contributed by atoms with E-state index in [-0.39, 0.29) is 12.0 Å². The van der Waals surface area contributed by atoms with Crippen LogP contribution in [0, 0.1) is 0 Å². The highest BCUT2D eigenvalue weighted by Crippen LogP contribution is 2.37. The van der Waals surface area contributed by atoms with Crippen LogP contribution in [0.25, 0.3) is 0 Å². The molecule has 2 aromatic rings. The van der Waals surface area contributed by atoms with Gasteiger partial charge in [0, 0.05) is 22.9 Å². The lowest BCUT2D eigenvalue weighted by Gasteiger charge is -2.25. The number of nitrogen functional groups attached to an aromatic ring is 1. The zero-order chi connectivity index (χ0) is 20.4. The number of carbonyl (C=O) groups is 2. The number of nitrogens with zero attached hydrogens (tertiary/aromatic N) is 1. The second-order valence-electron chi connectivity index (χ2n) is 7.45. The number of fused-ring (bicyclic) bond motifs is 1. The van der Waals surface area contributed by atoms with Crippen LogP contribution in [0.15, 0.2) is 36.4 Å². The van der Waals surface area contributed by atoms with E-state index in [0.29, 0.717) is 29.2 Å². The van der Waals surface area contributed by atoms with E-state index in [9.17, 15) is 9.59 Å². The molecule has 2 aromatic carbocycles. The van der Waals surface area contributed by atoms with E-state index in [1.54, 1.807) is 30.2 Å². The van der Waals surface area contributed by atoms with Crippen LogP contribution in [0.1, 0.15) is 58.4 Å². The van der Waals surface area contributed by atoms with Gasteiger partial charge in [-0.3, -0.25) is 15.0 Å². The monoisotopic (exact) mass is 395 g/mol. The first-order chi connectivity index (χ1) is 14.1. The van der Waals surface area contributed by atoms with Gasteiger partial charge in [-0.2, -0.15) is 0 Å². The van der Waals surface area contributed by atoms with E-state index >= 15 is 0 Å². The van der Waals surface area contributed by atoms with Crippen molar-refractivity contribution in [3.8, 4) is 11.5 Å². The molecule has 1 aliphatic carbocycles. The first-order valence-corrected chi connectivity index (χ1v) is 9.91. The minimum absolute atomic E-state index is 0.152. The van der Waals surface area contributed by atoms with Crippen LogP contribution in [-0.4, -0.2) is 25.0 Å². The third-order valence-electron chi connectivity index (χ3n) is 5.61. The molecule has 2 amide bonds. The Bertz CT molecular complexity index is 938. The van der Waals surface area contributed by atoms with Gasteiger partial charge in [-0.25, -0.2) is 5.84 Å². The molecule has 152 valence electrons. The molecule has 0 saturated heterocycles. The second-order valence-corrected chi connectivity index (χ2v) is 7.45. The summed E-state index contributed by atoms with van der Waals surface area (Å²) < 4.78 is 11.7. The van der Waals surface area contributed by atoms with Gasteiger partial charge >= 0.3 is 0 Å². The molecular formula is C22H25N3O4. The van der Waals surface area contributed by atoms with Crippen molar-refractivity contribution >= 4 is 17.5 Å². The maximum atomic E-state index is 13.0. The number of amides is 2. The first kappa shape index (κ1) is 19.3. The maximum Gasteiger partial charge on any atom is 0.265 e. The van der Waals surface area contributed by atoms with E-state index < -0.39 is 5.91 Å². The highest BCUT2D eigenvalue weighted by molar-refractivity contribution is 6.11. The topological polar surface area (TPSA) is 93.9 Å². The summed E-state index contributed by atoms with van der Waals surface area (Å²) in [6.07, 6.45) is 5.84. The van der Waals surface area contributed by atoms with Crippen molar-refractivity contribution in [1.29, 1.82) is 0 Å². The lowest BCUT2D eigenvalue weighted by Crippen LogP contribution is -2.30. The molecule has 0 aromatic heterocycles. The molecule has 0 spiro atoms. The number of rotatable bonds is 5. The van der Waals surface area contributed by atoms with Crippen molar-refractivity contribution in [1.82, 2.24) is 5.43 Å². The van der Waals surface area contributed by atoms with Gasteiger partial charge in [-0.15, -0.1) is 0 Å². The Kier molecular flexibility index (Phi) is 5.40. The average Bonchev–Trinajstić information content (AvgIpc) is 3.09. The second kappa shape index (κ2) is 8.13. The molecule has 2 aliphatic rings. The summed E-state index contributed by atoms with van der Waals surface area (Å²) in [5, 5.41) is 0. The van der Waals surface area contributed by atoms with Gasteiger partial charge < -0.3 is 14.4 Å². The minimum atomic E-state index is -0.424. The maximum absolute atomic E-state index is 13.0. The van der Waals surface area contributed by atoms with Crippen LogP contribution < -0.4 is 25.6 Å². The van der Waals surface area contributed by atoms with Crippen molar-refractivity contribution < 1.29 is 19.1 Å². The highest BCUT2D eigenvalue weighted by Gasteiger charge is 2.30. The smallest absolute Gasteiger partial charge is 0.265 e. The van der Waals surface area contributed by atoms with Crippen molar-refractivity contribution in [2.75, 3.05) is 12.0 Å². The van der Waals surface area contributed by atoms with Crippen LogP contribution >= 0.6 is 0 Å². The summed E-state index contributed by atoms with van der Waals surface area (Å²) in [4.78, 5) is 26.5. The zero-order valence-electron chi connectivity index (χ0n) is 16.4. The molecule has 3 N–H and O–H groups in total. The minimum Gasteiger partial charge on any atom is -0.493 e. The van der Waals surface area contributed by atoms with Gasteiger partial charge in [-0.1, -0.05) is 12.5 Å². The predicted octanol–water partition coefficient (Wildman–Crippen LogP) is 3.17. The number of benzene rings is 2. The quantitative estimate of drug-likeness (QED) is 0.461. The Hall–Kier alpha value is -3.06. The lowest BCUT2D eigenvalue weighted by molar-refractivity contribution is 0.0953. The molecule has 7 nitrogen and oxygen atoms in total. The van der Waals surface area contributed by atoms with Gasteiger partial charge in [0.05, 0.1) is 19.8 Å². The van der Waals surface area contributed by atoms with Gasteiger partial charge in [0.2, 0.25) is 0 Å². The normalized spacial score (nSPS) is 16.5. The first-order valence-electron chi connectivity index (χ1n) is 9.91. The number of nitrogens with one attached hydrogen (secondary N) is 1. The molecule has 0 atom stereocenters. The van der Waals surface area contributed by atoms with Crippen LogP contribution in [-0.2, 0) is 6.54 Å². The predicted molar refractivity (Wildman–Crippen MR) is 109 cm³/mol. The number of hydrogen-bond acceptors (Lipinski definition) is 5. The molecule has 29 heavy (non-hydrogen) atoms. The fourth-order valence-electron chi connectivity index (χ4n) is 4.02. The Morgan fingerprint density at radius 3 is 2.62 bits per heavy atom. The fourth-order valence-corrected chi connectivity index (χ4v) is 4.02. The molecular weight excluding hydrogens is 370 g/mol. The molecule has 0 unspecified atom stereocenters. The van der Waals surface area contributed by atoms with E-state index in [2.05, 4.69) is 5.43 Å². The van der Waals surface area contributed by atoms with E-state index in [4.69, 9.17) is 15.3 Å². The van der Waals surface area contributed by atoms with Crippen LogP contribution in [0.4, 0.5) is 5.69 Å². The molecule has 0 radical (unpaired) electrons. The molecule has 7 heteroatoms. The number of nitrogens with two attached hydrogens (primary N) is 1. The molecule has 1 aliphatic heterocycles. The van der Waals surface area contributed by atoms with Crippen molar-refractivity contribution in [3.05, 3.63) is 53.1 Å². The molecule has 1 heterocycles. The number of anilines is 1. The SMILES string of the molecule is COc1ccc(N2Cc3ccc(C(=O)NN)cc3C2=O)cc1OC1CCCCC1. The summed E-state index contributed by atoms with van der Waals surface area (Å²) in [6.45, 7) is 0.438. The van der Waals surface area contributed by atoms with Crippen LogP contribution in [0.2, 0.25) is 0 Å². The van der Waals surface area contributed by atoms with Gasteiger partial charge in [0.25, 0.3) is 11.8 Å². The molecule has 0 bridgehead atoms. The lowest BCUT2D eigenvalue weighted by atomic mass is 9.98. The number of methoxy groups -OCH3 is 1.